The Bertz CT molecular complexity index is 2550. The number of aliphatic carboxylic acids is 2. The average molecular weight is 1000 g/mol. The minimum atomic E-state index is -2.43. The van der Waals surface area contributed by atoms with E-state index in [1.54, 1.807) is 60.7 Å². The summed E-state index contributed by atoms with van der Waals surface area (Å²) in [5.74, 6) is -22.4. The van der Waals surface area contributed by atoms with Crippen molar-refractivity contribution >= 4 is 53.3 Å². The number of amides is 7. The van der Waals surface area contributed by atoms with E-state index in [1.165, 1.54) is 33.3 Å². The van der Waals surface area contributed by atoms with E-state index in [0.29, 0.717) is 16.8 Å². The zero-order valence-corrected chi connectivity index (χ0v) is 38.1. The molecule has 0 fully saturated rings. The second-order valence-corrected chi connectivity index (χ2v) is 16.4. The van der Waals surface area contributed by atoms with Crippen LogP contribution in [-0.2, 0) is 68.8 Å². The van der Waals surface area contributed by atoms with Gasteiger partial charge in [0.25, 0.3) is 0 Å². The van der Waals surface area contributed by atoms with Crippen LogP contribution in [0.25, 0.3) is 0 Å². The summed E-state index contributed by atoms with van der Waals surface area (Å²) in [7, 11) is 0. The van der Waals surface area contributed by atoms with Crippen molar-refractivity contribution in [1.29, 1.82) is 0 Å². The molecule has 380 valence electrons. The van der Waals surface area contributed by atoms with Crippen LogP contribution < -0.4 is 37.2 Å². The highest BCUT2D eigenvalue weighted by Crippen LogP contribution is 2.23. The second kappa shape index (κ2) is 25.9. The number of carbonyl (C=O) groups excluding carboxylic acids is 7. The number of halogens is 5. The van der Waals surface area contributed by atoms with Crippen LogP contribution >= 0.6 is 0 Å². The van der Waals surface area contributed by atoms with Gasteiger partial charge in [-0.1, -0.05) is 74.5 Å². The van der Waals surface area contributed by atoms with Gasteiger partial charge in [-0.15, -0.1) is 0 Å². The fraction of sp³-hybridized carbons (Fsp3) is 0.348. The number of carboxylic acids is 2. The maximum absolute atomic E-state index is 14.5. The fourth-order valence-electron chi connectivity index (χ4n) is 6.79. The summed E-state index contributed by atoms with van der Waals surface area (Å²) in [5, 5.41) is 34.8. The number of benzene rings is 3. The van der Waals surface area contributed by atoms with E-state index in [9.17, 15) is 70.2 Å². The summed E-state index contributed by atoms with van der Waals surface area (Å²) in [6.45, 7) is 3.46. The molecule has 25 heteroatoms. The van der Waals surface area contributed by atoms with Gasteiger partial charge in [-0.05, 0) is 24.0 Å². The molecule has 0 aliphatic carbocycles. The normalized spacial score (nSPS) is 13.5. The van der Waals surface area contributed by atoms with E-state index >= 15 is 0 Å². The third kappa shape index (κ3) is 16.5. The first kappa shape index (κ1) is 55.3. The smallest absolute Gasteiger partial charge is 0.326 e. The van der Waals surface area contributed by atoms with Crippen LogP contribution in [0.4, 0.5) is 22.0 Å². The van der Waals surface area contributed by atoms with Crippen molar-refractivity contribution < 1.29 is 75.3 Å². The lowest BCUT2D eigenvalue weighted by atomic mass is 10.0. The fourth-order valence-corrected chi connectivity index (χ4v) is 6.79. The predicted molar refractivity (Wildman–Crippen MR) is 238 cm³/mol. The number of H-pyrrole nitrogens is 1. The molecule has 71 heavy (non-hydrogen) atoms. The summed E-state index contributed by atoms with van der Waals surface area (Å²) < 4.78 is 70.6. The number of aromatic nitrogens is 2. The molecule has 1 aromatic heterocycles. The van der Waals surface area contributed by atoms with Crippen molar-refractivity contribution in [3.8, 4) is 0 Å². The van der Waals surface area contributed by atoms with Crippen molar-refractivity contribution in [1.82, 2.24) is 47.2 Å². The van der Waals surface area contributed by atoms with Gasteiger partial charge in [0, 0.05) is 36.7 Å². The molecule has 6 atom stereocenters. The molecule has 3 aromatic carbocycles. The van der Waals surface area contributed by atoms with Crippen LogP contribution in [0.3, 0.4) is 0 Å². The quantitative estimate of drug-likeness (QED) is 0.0249. The van der Waals surface area contributed by atoms with Crippen molar-refractivity contribution in [2.75, 3.05) is 6.54 Å². The minimum Gasteiger partial charge on any atom is -0.481 e. The molecule has 0 aliphatic rings. The Morgan fingerprint density at radius 3 is 1.56 bits per heavy atom. The molecule has 0 bridgehead atoms. The lowest BCUT2D eigenvalue weighted by Gasteiger charge is -2.26. The largest absolute Gasteiger partial charge is 0.481 e. The number of aromatic amines is 1. The molecular weight excluding hydrogens is 950 g/mol. The predicted octanol–water partition coefficient (Wildman–Crippen LogP) is 0.636. The molecule has 0 radical (unpaired) electrons. The highest BCUT2D eigenvalue weighted by atomic mass is 19.2. The van der Waals surface area contributed by atoms with Gasteiger partial charge in [-0.25, -0.2) is 31.7 Å². The Hall–Kier alpha value is -8.25. The minimum absolute atomic E-state index is 0.205. The summed E-state index contributed by atoms with van der Waals surface area (Å²) in [6.07, 6.45) is -0.414. The summed E-state index contributed by atoms with van der Waals surface area (Å²) >= 11 is 0. The topological polar surface area (TPSA) is 307 Å². The number of rotatable bonds is 25. The highest BCUT2D eigenvalue weighted by Gasteiger charge is 2.34. The van der Waals surface area contributed by atoms with Crippen molar-refractivity contribution in [3.05, 3.63) is 125 Å². The second-order valence-electron chi connectivity index (χ2n) is 16.4. The first-order valence-electron chi connectivity index (χ1n) is 21.6. The number of carbonyl (C=O) groups is 9. The standard InChI is InChI=1S/C46H50F5N9O11/c1-22(2)40(45(69)59-31(46(70)71)18-34(63)64)60-41(65)23(3)55-43(67)30(16-26-19-52-21-54-26)57-33(62)20-53-42(66)28(14-24-10-6-4-7-11-24)58-44(68)29(15-25-12-8-5-9-13-25)56-32(61)17-27-35(47)37(49)39(51)38(50)36(27)48/h4-13,19,21-23,28-31,40H,14-18,20H2,1-3H3,(H,52,54)(H,53,66)(H,55,67)(H,56,61)(H,57,62)(H,58,68)(H,59,69)(H,60,65)(H,63,64)(H,70,71). The Labute approximate surface area is 401 Å². The molecule has 0 spiro atoms. The van der Waals surface area contributed by atoms with Crippen molar-refractivity contribution in [2.45, 2.75) is 89.1 Å². The van der Waals surface area contributed by atoms with Gasteiger partial charge in [0.05, 0.1) is 25.7 Å². The summed E-state index contributed by atoms with van der Waals surface area (Å²) in [5.41, 5.74) is -0.160. The number of hydrogen-bond donors (Lipinski definition) is 10. The van der Waals surface area contributed by atoms with Gasteiger partial charge in [0.15, 0.2) is 23.3 Å². The van der Waals surface area contributed by atoms with E-state index in [0.717, 1.165) is 0 Å². The zero-order chi connectivity index (χ0) is 52.5. The van der Waals surface area contributed by atoms with E-state index < -0.39 is 149 Å². The van der Waals surface area contributed by atoms with Crippen LogP contribution in [0.15, 0.2) is 73.2 Å². The Morgan fingerprint density at radius 2 is 1.06 bits per heavy atom. The molecule has 4 aromatic rings. The third-order valence-corrected chi connectivity index (χ3v) is 10.5. The summed E-state index contributed by atoms with van der Waals surface area (Å²) in [4.78, 5) is 123. The highest BCUT2D eigenvalue weighted by molar-refractivity contribution is 5.97. The van der Waals surface area contributed by atoms with Crippen molar-refractivity contribution in [3.63, 3.8) is 0 Å². The Kier molecular flexibility index (Phi) is 20.2. The number of nitrogens with zero attached hydrogens (tertiary/aromatic N) is 1. The van der Waals surface area contributed by atoms with Crippen LogP contribution in [-0.4, -0.2) is 116 Å². The van der Waals surface area contributed by atoms with Gasteiger partial charge in [-0.2, -0.15) is 0 Å². The number of hydrogen-bond acceptors (Lipinski definition) is 10. The molecule has 1 heterocycles. The number of imidazole rings is 1. The lowest BCUT2D eigenvalue weighted by molar-refractivity contribution is -0.147. The van der Waals surface area contributed by atoms with E-state index in [4.69, 9.17) is 5.11 Å². The number of carboxylic acid groups (broad SMARTS) is 2. The molecule has 20 nitrogen and oxygen atoms in total. The first-order valence-corrected chi connectivity index (χ1v) is 21.6. The Morgan fingerprint density at radius 1 is 0.563 bits per heavy atom. The van der Waals surface area contributed by atoms with Gasteiger partial charge < -0.3 is 52.4 Å². The van der Waals surface area contributed by atoms with E-state index in [-0.39, 0.29) is 19.3 Å². The zero-order valence-electron chi connectivity index (χ0n) is 38.1. The molecule has 6 unspecified atom stereocenters. The maximum Gasteiger partial charge on any atom is 0.326 e. The average Bonchev–Trinajstić information content (AvgIpc) is 3.85. The van der Waals surface area contributed by atoms with Crippen LogP contribution in [0, 0.1) is 35.0 Å². The molecule has 4 rings (SSSR count). The summed E-state index contributed by atoms with van der Waals surface area (Å²) in [6, 6.07) is 7.01. The Balaban J connectivity index is 1.48. The van der Waals surface area contributed by atoms with Gasteiger partial charge >= 0.3 is 11.9 Å². The molecule has 0 aliphatic heterocycles. The van der Waals surface area contributed by atoms with Crippen LogP contribution in [0.2, 0.25) is 0 Å². The molecule has 0 saturated carbocycles. The SMILES string of the molecule is CC(NC(=O)C(Cc1cnc[nH]1)NC(=O)CNC(=O)C(Cc1ccccc1)NC(=O)C(Cc1ccccc1)NC(=O)Cc1c(F)c(F)c(F)c(F)c1F)C(=O)NC(C(=O)NC(CC(=O)O)C(=O)O)C(C)C. The van der Waals surface area contributed by atoms with Gasteiger partial charge in [-0.3, -0.25) is 38.4 Å². The van der Waals surface area contributed by atoms with Crippen LogP contribution in [0.1, 0.15) is 49.6 Å². The molecule has 0 saturated heterocycles. The van der Waals surface area contributed by atoms with E-state index in [1.807, 2.05) is 0 Å². The van der Waals surface area contributed by atoms with E-state index in [2.05, 4.69) is 47.2 Å². The van der Waals surface area contributed by atoms with Crippen LogP contribution in [0.5, 0.6) is 0 Å². The van der Waals surface area contributed by atoms with Crippen molar-refractivity contribution in [2.24, 2.45) is 5.92 Å². The lowest BCUT2D eigenvalue weighted by Crippen LogP contribution is -2.59. The van der Waals surface area contributed by atoms with Gasteiger partial charge in [0.1, 0.15) is 36.3 Å². The monoisotopic (exact) mass is 999 g/mol. The molecular formula is C46H50F5N9O11. The van der Waals surface area contributed by atoms with Gasteiger partial charge in [0.2, 0.25) is 47.2 Å². The third-order valence-electron chi connectivity index (χ3n) is 10.5. The molecule has 10 N–H and O–H groups in total. The number of nitrogens with one attached hydrogen (secondary N) is 8. The molecule has 7 amide bonds. The first-order chi connectivity index (χ1) is 33.6. The maximum atomic E-state index is 14.5.